The second-order valence-corrected chi connectivity index (χ2v) is 8.16. The molecule has 1 aliphatic rings. The molecular formula is C21H33N5O2. The van der Waals surface area contributed by atoms with Gasteiger partial charge in [0.05, 0.1) is 13.1 Å². The number of aliphatic imine (C=N–C) groups is 1. The number of benzene rings is 1. The number of carbonyl (C=O) groups excluding carboxylic acids is 2. The fourth-order valence-electron chi connectivity index (χ4n) is 2.80. The summed E-state index contributed by atoms with van der Waals surface area (Å²) in [5.74, 6) is 0.756. The highest BCUT2D eigenvalue weighted by molar-refractivity contribution is 5.93. The van der Waals surface area contributed by atoms with Crippen molar-refractivity contribution in [2.24, 2.45) is 10.9 Å². The summed E-state index contributed by atoms with van der Waals surface area (Å²) >= 11 is 0. The quantitative estimate of drug-likeness (QED) is 0.427. The standard InChI is InChI=1S/C21H33N5O2/c1-5-22-20(24-14-18(27)26-21(2,3)4)23-13-15-8-6-11-17(12-15)25-19(28)16-9-7-10-16/h6,8,11-12,16H,5,7,9-10,13-14H2,1-4H3,(H,25,28)(H,26,27)(H2,22,23,24). The van der Waals surface area contributed by atoms with Gasteiger partial charge in [0.15, 0.2) is 5.96 Å². The van der Waals surface area contributed by atoms with Gasteiger partial charge in [-0.25, -0.2) is 4.99 Å². The molecule has 1 aromatic carbocycles. The molecule has 0 unspecified atom stereocenters. The summed E-state index contributed by atoms with van der Waals surface area (Å²) in [6.07, 6.45) is 3.10. The number of anilines is 1. The molecule has 1 aromatic rings. The van der Waals surface area contributed by atoms with E-state index in [2.05, 4.69) is 26.3 Å². The zero-order chi connectivity index (χ0) is 20.6. The van der Waals surface area contributed by atoms with E-state index in [1.807, 2.05) is 52.0 Å². The van der Waals surface area contributed by atoms with Crippen molar-refractivity contribution in [3.63, 3.8) is 0 Å². The normalized spacial score (nSPS) is 14.8. The largest absolute Gasteiger partial charge is 0.357 e. The number of guanidine groups is 1. The van der Waals surface area contributed by atoms with Gasteiger partial charge in [-0.15, -0.1) is 0 Å². The van der Waals surface area contributed by atoms with Gasteiger partial charge >= 0.3 is 0 Å². The first-order chi connectivity index (χ1) is 13.3. The topological polar surface area (TPSA) is 94.6 Å². The summed E-state index contributed by atoms with van der Waals surface area (Å²) in [7, 11) is 0. The van der Waals surface area contributed by atoms with Gasteiger partial charge in [0.1, 0.15) is 0 Å². The smallest absolute Gasteiger partial charge is 0.239 e. The number of nitrogens with one attached hydrogen (secondary N) is 4. The molecule has 1 aliphatic carbocycles. The van der Waals surface area contributed by atoms with E-state index in [9.17, 15) is 9.59 Å². The van der Waals surface area contributed by atoms with E-state index in [4.69, 9.17) is 0 Å². The molecule has 0 aromatic heterocycles. The SMILES string of the molecule is CCNC(=NCc1cccc(NC(=O)C2CCC2)c1)NCC(=O)NC(C)(C)C. The molecule has 28 heavy (non-hydrogen) atoms. The van der Waals surface area contributed by atoms with Crippen LogP contribution in [-0.2, 0) is 16.1 Å². The van der Waals surface area contributed by atoms with E-state index in [0.717, 1.165) is 30.5 Å². The molecule has 4 N–H and O–H groups in total. The van der Waals surface area contributed by atoms with Crippen LogP contribution in [0.2, 0.25) is 0 Å². The van der Waals surface area contributed by atoms with Crippen LogP contribution in [0.4, 0.5) is 5.69 Å². The van der Waals surface area contributed by atoms with Crippen LogP contribution >= 0.6 is 0 Å². The number of hydrogen-bond acceptors (Lipinski definition) is 3. The molecule has 0 bridgehead atoms. The lowest BCUT2D eigenvalue weighted by Gasteiger charge is -2.24. The van der Waals surface area contributed by atoms with E-state index >= 15 is 0 Å². The highest BCUT2D eigenvalue weighted by Gasteiger charge is 2.25. The molecule has 0 aliphatic heterocycles. The van der Waals surface area contributed by atoms with Gasteiger partial charge in [-0.2, -0.15) is 0 Å². The van der Waals surface area contributed by atoms with Gasteiger partial charge in [0.2, 0.25) is 11.8 Å². The maximum Gasteiger partial charge on any atom is 0.239 e. The molecule has 0 radical (unpaired) electrons. The summed E-state index contributed by atoms with van der Waals surface area (Å²) in [6, 6.07) is 7.72. The number of amides is 2. The predicted molar refractivity (Wildman–Crippen MR) is 113 cm³/mol. The maximum atomic E-state index is 12.1. The number of hydrogen-bond donors (Lipinski definition) is 4. The Morgan fingerprint density at radius 3 is 2.54 bits per heavy atom. The Balaban J connectivity index is 1.91. The first kappa shape index (κ1) is 21.7. The molecule has 2 amide bonds. The minimum Gasteiger partial charge on any atom is -0.357 e. The highest BCUT2D eigenvalue weighted by atomic mass is 16.2. The lowest BCUT2D eigenvalue weighted by atomic mass is 9.85. The van der Waals surface area contributed by atoms with Crippen molar-refractivity contribution < 1.29 is 9.59 Å². The molecule has 0 saturated heterocycles. The number of nitrogens with zero attached hydrogens (tertiary/aromatic N) is 1. The number of rotatable bonds is 7. The third-order valence-corrected chi connectivity index (χ3v) is 4.37. The first-order valence-electron chi connectivity index (χ1n) is 10.00. The van der Waals surface area contributed by atoms with Gasteiger partial charge in [0.25, 0.3) is 0 Å². The van der Waals surface area contributed by atoms with Crippen molar-refractivity contribution in [3.05, 3.63) is 29.8 Å². The molecule has 7 heteroatoms. The van der Waals surface area contributed by atoms with Crippen LogP contribution in [0.1, 0.15) is 52.5 Å². The van der Waals surface area contributed by atoms with E-state index in [1.165, 1.54) is 0 Å². The van der Waals surface area contributed by atoms with E-state index < -0.39 is 0 Å². The average molecular weight is 388 g/mol. The summed E-state index contributed by atoms with van der Waals surface area (Å²) in [5, 5.41) is 12.1. The van der Waals surface area contributed by atoms with Crippen molar-refractivity contribution in [2.75, 3.05) is 18.4 Å². The van der Waals surface area contributed by atoms with E-state index in [0.29, 0.717) is 19.0 Å². The second-order valence-electron chi connectivity index (χ2n) is 8.16. The Bertz CT molecular complexity index is 705. The van der Waals surface area contributed by atoms with Crippen LogP contribution in [0.3, 0.4) is 0 Å². The van der Waals surface area contributed by atoms with E-state index in [1.54, 1.807) is 0 Å². The van der Waals surface area contributed by atoms with Crippen molar-refractivity contribution in [2.45, 2.75) is 59.0 Å². The van der Waals surface area contributed by atoms with Crippen molar-refractivity contribution in [1.82, 2.24) is 16.0 Å². The minimum absolute atomic E-state index is 0.0844. The minimum atomic E-state index is -0.265. The molecule has 1 saturated carbocycles. The second kappa shape index (κ2) is 10.1. The number of carbonyl (C=O) groups is 2. The lowest BCUT2D eigenvalue weighted by Crippen LogP contribution is -2.48. The summed E-state index contributed by atoms with van der Waals surface area (Å²) in [4.78, 5) is 28.6. The van der Waals surface area contributed by atoms with Crippen LogP contribution in [0.15, 0.2) is 29.3 Å². The third kappa shape index (κ3) is 7.58. The monoisotopic (exact) mass is 387 g/mol. The maximum absolute atomic E-state index is 12.1. The molecule has 1 fully saturated rings. The van der Waals surface area contributed by atoms with Gasteiger partial charge < -0.3 is 21.3 Å². The zero-order valence-electron chi connectivity index (χ0n) is 17.4. The van der Waals surface area contributed by atoms with Crippen LogP contribution < -0.4 is 21.3 Å². The van der Waals surface area contributed by atoms with Gasteiger partial charge in [-0.1, -0.05) is 18.6 Å². The van der Waals surface area contributed by atoms with Crippen molar-refractivity contribution in [3.8, 4) is 0 Å². The summed E-state index contributed by atoms with van der Waals surface area (Å²) < 4.78 is 0. The third-order valence-electron chi connectivity index (χ3n) is 4.37. The molecular weight excluding hydrogens is 354 g/mol. The average Bonchev–Trinajstić information content (AvgIpc) is 2.54. The first-order valence-corrected chi connectivity index (χ1v) is 10.00. The molecule has 0 atom stereocenters. The van der Waals surface area contributed by atoms with Crippen LogP contribution in [0.5, 0.6) is 0 Å². The predicted octanol–water partition coefficient (Wildman–Crippen LogP) is 2.39. The Labute approximate surface area is 167 Å². The Kier molecular flexibility index (Phi) is 7.84. The van der Waals surface area contributed by atoms with Gasteiger partial charge in [0, 0.05) is 23.7 Å². The molecule has 0 heterocycles. The Morgan fingerprint density at radius 2 is 1.93 bits per heavy atom. The molecule has 7 nitrogen and oxygen atoms in total. The fraction of sp³-hybridized carbons (Fsp3) is 0.571. The van der Waals surface area contributed by atoms with Crippen molar-refractivity contribution >= 4 is 23.5 Å². The van der Waals surface area contributed by atoms with Crippen molar-refractivity contribution in [1.29, 1.82) is 0 Å². The highest BCUT2D eigenvalue weighted by Crippen LogP contribution is 2.27. The fourth-order valence-corrected chi connectivity index (χ4v) is 2.80. The molecule has 0 spiro atoms. The van der Waals surface area contributed by atoms with Gasteiger partial charge in [-0.05, 0) is 58.2 Å². The van der Waals surface area contributed by atoms with Crippen LogP contribution in [0.25, 0.3) is 0 Å². The van der Waals surface area contributed by atoms with Crippen LogP contribution in [-0.4, -0.2) is 36.4 Å². The lowest BCUT2D eigenvalue weighted by molar-refractivity contribution is -0.122. The Morgan fingerprint density at radius 1 is 1.18 bits per heavy atom. The molecule has 2 rings (SSSR count). The molecule has 154 valence electrons. The zero-order valence-corrected chi connectivity index (χ0v) is 17.4. The van der Waals surface area contributed by atoms with Gasteiger partial charge in [-0.3, -0.25) is 9.59 Å². The Hall–Kier alpha value is -2.57. The summed E-state index contributed by atoms with van der Waals surface area (Å²) in [5.41, 5.74) is 1.52. The van der Waals surface area contributed by atoms with E-state index in [-0.39, 0.29) is 29.8 Å². The summed E-state index contributed by atoms with van der Waals surface area (Å²) in [6.45, 7) is 9.11. The van der Waals surface area contributed by atoms with Crippen LogP contribution in [0, 0.1) is 5.92 Å².